The smallest absolute Gasteiger partial charge is 0.282 e. The van der Waals surface area contributed by atoms with Gasteiger partial charge in [-0.25, -0.2) is 4.39 Å². The van der Waals surface area contributed by atoms with Crippen molar-refractivity contribution in [2.75, 3.05) is 6.54 Å². The number of hydrogen-bond donors (Lipinski definition) is 0. The molecule has 1 aromatic rings. The second kappa shape index (κ2) is 4.47. The van der Waals surface area contributed by atoms with Crippen LogP contribution in [0.3, 0.4) is 0 Å². The van der Waals surface area contributed by atoms with Gasteiger partial charge < -0.3 is 4.90 Å². The molecular weight excluding hydrogens is 245 g/mol. The Morgan fingerprint density at radius 3 is 2.68 bits per heavy atom. The van der Waals surface area contributed by atoms with E-state index >= 15 is 0 Å². The van der Waals surface area contributed by atoms with E-state index in [1.165, 1.54) is 4.90 Å². The highest BCUT2D eigenvalue weighted by molar-refractivity contribution is 5.90. The minimum absolute atomic E-state index is 0.0391. The number of rotatable bonds is 1. The molecule has 104 valence electrons. The molecule has 0 bridgehead atoms. The Labute approximate surface area is 112 Å². The summed E-state index contributed by atoms with van der Waals surface area (Å²) < 4.78 is 14.9. The van der Waals surface area contributed by atoms with Gasteiger partial charge in [0.15, 0.2) is 5.83 Å². The summed E-state index contributed by atoms with van der Waals surface area (Å²) in [4.78, 5) is 13.2. The highest BCUT2D eigenvalue weighted by atomic mass is 19.1. The Morgan fingerprint density at radius 2 is 2.16 bits per heavy atom. The van der Waals surface area contributed by atoms with E-state index in [9.17, 15) is 9.18 Å². The van der Waals surface area contributed by atoms with Crippen LogP contribution < -0.4 is 0 Å². The van der Waals surface area contributed by atoms with Gasteiger partial charge in [-0.3, -0.25) is 9.48 Å². The standard InChI is InChI=1S/C14H20FN3O/c1-9-7-17(13(19)10(2)15)8-11-6-12(14(3,4)5)16-18(9)11/h6,9H,2,7-8H2,1,3-5H3. The molecule has 1 unspecified atom stereocenters. The minimum atomic E-state index is -0.906. The van der Waals surface area contributed by atoms with E-state index in [2.05, 4.69) is 32.4 Å². The number of carbonyl (C=O) groups is 1. The summed E-state index contributed by atoms with van der Waals surface area (Å²) in [5.41, 5.74) is 1.89. The lowest BCUT2D eigenvalue weighted by Crippen LogP contribution is -2.40. The summed E-state index contributed by atoms with van der Waals surface area (Å²) in [6, 6.07) is 2.04. The summed E-state index contributed by atoms with van der Waals surface area (Å²) in [6.07, 6.45) is 0. The van der Waals surface area contributed by atoms with Gasteiger partial charge in [0, 0.05) is 12.0 Å². The van der Waals surface area contributed by atoms with Crippen LogP contribution in [-0.2, 0) is 16.8 Å². The van der Waals surface area contributed by atoms with Crippen molar-refractivity contribution >= 4 is 5.91 Å². The Morgan fingerprint density at radius 1 is 1.53 bits per heavy atom. The summed E-state index contributed by atoms with van der Waals surface area (Å²) in [7, 11) is 0. The van der Waals surface area contributed by atoms with Gasteiger partial charge >= 0.3 is 0 Å². The Hall–Kier alpha value is -1.65. The molecule has 1 atom stereocenters. The van der Waals surface area contributed by atoms with Gasteiger partial charge in [-0.2, -0.15) is 5.10 Å². The number of amides is 1. The number of fused-ring (bicyclic) bond motifs is 1. The topological polar surface area (TPSA) is 38.1 Å². The number of halogens is 1. The molecule has 0 radical (unpaired) electrons. The Kier molecular flexibility index (Phi) is 3.24. The van der Waals surface area contributed by atoms with Crippen LogP contribution in [0.2, 0.25) is 0 Å². The fraction of sp³-hybridized carbons (Fsp3) is 0.571. The van der Waals surface area contributed by atoms with E-state index in [4.69, 9.17) is 0 Å². The summed E-state index contributed by atoms with van der Waals surface area (Å²) in [6.45, 7) is 12.2. The fourth-order valence-electron chi connectivity index (χ4n) is 2.28. The van der Waals surface area contributed by atoms with Gasteiger partial charge in [-0.1, -0.05) is 27.4 Å². The van der Waals surface area contributed by atoms with Crippen LogP contribution in [0.4, 0.5) is 4.39 Å². The molecule has 2 rings (SSSR count). The lowest BCUT2D eigenvalue weighted by atomic mass is 9.92. The van der Waals surface area contributed by atoms with E-state index in [0.29, 0.717) is 13.1 Å². The van der Waals surface area contributed by atoms with E-state index < -0.39 is 11.7 Å². The van der Waals surface area contributed by atoms with Crippen LogP contribution in [0.15, 0.2) is 18.5 Å². The first-order valence-corrected chi connectivity index (χ1v) is 6.42. The molecule has 1 aliphatic rings. The highest BCUT2D eigenvalue weighted by Crippen LogP contribution is 2.27. The molecule has 0 spiro atoms. The van der Waals surface area contributed by atoms with Crippen LogP contribution in [0.25, 0.3) is 0 Å². The van der Waals surface area contributed by atoms with Crippen LogP contribution >= 0.6 is 0 Å². The zero-order chi connectivity index (χ0) is 14.4. The maximum absolute atomic E-state index is 13.0. The molecule has 1 aromatic heterocycles. The third kappa shape index (κ3) is 2.55. The third-order valence-electron chi connectivity index (χ3n) is 3.36. The van der Waals surface area contributed by atoms with Gasteiger partial charge in [0.25, 0.3) is 5.91 Å². The van der Waals surface area contributed by atoms with Crippen LogP contribution in [0.1, 0.15) is 45.1 Å². The molecule has 0 saturated carbocycles. The first-order chi connectivity index (χ1) is 8.70. The molecule has 0 N–H and O–H groups in total. The zero-order valence-electron chi connectivity index (χ0n) is 11.9. The predicted molar refractivity (Wildman–Crippen MR) is 71.3 cm³/mol. The molecule has 1 aliphatic heterocycles. The van der Waals surface area contributed by atoms with Gasteiger partial charge in [-0.15, -0.1) is 0 Å². The molecule has 5 heteroatoms. The largest absolute Gasteiger partial charge is 0.329 e. The maximum atomic E-state index is 13.0. The van der Waals surface area contributed by atoms with Gasteiger partial charge in [-0.05, 0) is 13.0 Å². The molecule has 4 nitrogen and oxygen atoms in total. The van der Waals surface area contributed by atoms with Crippen molar-refractivity contribution in [2.45, 2.75) is 45.7 Å². The lowest BCUT2D eigenvalue weighted by molar-refractivity contribution is -0.130. The second-order valence-corrected chi connectivity index (χ2v) is 6.16. The molecule has 0 saturated heterocycles. The molecule has 0 aromatic carbocycles. The van der Waals surface area contributed by atoms with E-state index in [0.717, 1.165) is 11.4 Å². The number of nitrogens with zero attached hydrogens (tertiary/aromatic N) is 3. The van der Waals surface area contributed by atoms with Crippen molar-refractivity contribution in [1.29, 1.82) is 0 Å². The fourth-order valence-corrected chi connectivity index (χ4v) is 2.28. The SMILES string of the molecule is C=C(F)C(=O)N1Cc2cc(C(C)(C)C)nn2C(C)C1. The Balaban J connectivity index is 2.32. The number of aromatic nitrogens is 2. The average molecular weight is 265 g/mol. The highest BCUT2D eigenvalue weighted by Gasteiger charge is 2.30. The van der Waals surface area contributed by atoms with Crippen LogP contribution in [-0.4, -0.2) is 27.1 Å². The van der Waals surface area contributed by atoms with Gasteiger partial charge in [0.2, 0.25) is 0 Å². The number of carbonyl (C=O) groups excluding carboxylic acids is 1. The second-order valence-electron chi connectivity index (χ2n) is 6.16. The zero-order valence-corrected chi connectivity index (χ0v) is 11.9. The summed E-state index contributed by atoms with van der Waals surface area (Å²) in [5.74, 6) is -1.53. The molecule has 0 aliphatic carbocycles. The first kappa shape index (κ1) is 13.8. The Bertz CT molecular complexity index is 527. The van der Waals surface area contributed by atoms with Crippen molar-refractivity contribution in [1.82, 2.24) is 14.7 Å². The quantitative estimate of drug-likeness (QED) is 0.732. The van der Waals surface area contributed by atoms with Crippen molar-refractivity contribution in [2.24, 2.45) is 0 Å². The summed E-state index contributed by atoms with van der Waals surface area (Å²) >= 11 is 0. The molecular formula is C14H20FN3O. The molecule has 1 amide bonds. The molecule has 2 heterocycles. The predicted octanol–water partition coefficient (Wildman–Crippen LogP) is 2.57. The van der Waals surface area contributed by atoms with Crippen molar-refractivity contribution in [3.05, 3.63) is 29.9 Å². The monoisotopic (exact) mass is 265 g/mol. The third-order valence-corrected chi connectivity index (χ3v) is 3.36. The van der Waals surface area contributed by atoms with Gasteiger partial charge in [0.1, 0.15) is 0 Å². The van der Waals surface area contributed by atoms with Crippen LogP contribution in [0, 0.1) is 0 Å². The minimum Gasteiger partial charge on any atom is -0.329 e. The summed E-state index contributed by atoms with van der Waals surface area (Å²) in [5, 5.41) is 4.60. The van der Waals surface area contributed by atoms with Crippen molar-refractivity contribution < 1.29 is 9.18 Å². The van der Waals surface area contributed by atoms with E-state index in [-0.39, 0.29) is 11.5 Å². The lowest BCUT2D eigenvalue weighted by Gasteiger charge is -2.31. The van der Waals surface area contributed by atoms with E-state index in [1.807, 2.05) is 17.7 Å². The first-order valence-electron chi connectivity index (χ1n) is 6.42. The van der Waals surface area contributed by atoms with Gasteiger partial charge in [0.05, 0.1) is 24.0 Å². The average Bonchev–Trinajstić information content (AvgIpc) is 2.71. The number of hydrogen-bond acceptors (Lipinski definition) is 2. The van der Waals surface area contributed by atoms with Crippen molar-refractivity contribution in [3.8, 4) is 0 Å². The molecule has 0 fully saturated rings. The van der Waals surface area contributed by atoms with E-state index in [1.54, 1.807) is 0 Å². The maximum Gasteiger partial charge on any atom is 0.282 e. The van der Waals surface area contributed by atoms with Crippen LogP contribution in [0.5, 0.6) is 0 Å². The normalized spacial score (nSPS) is 19.2. The van der Waals surface area contributed by atoms with Crippen molar-refractivity contribution in [3.63, 3.8) is 0 Å². The molecule has 19 heavy (non-hydrogen) atoms.